The fraction of sp³-hybridized carbons (Fsp3) is 0.333. The number of hydrogen-bond donors (Lipinski definition) is 3. The van der Waals surface area contributed by atoms with Gasteiger partial charge in [-0.05, 0) is 0 Å². The molecule has 0 aliphatic heterocycles. The Labute approximate surface area is 105 Å². The van der Waals surface area contributed by atoms with Crippen LogP contribution in [0.4, 0.5) is 5.00 Å². The summed E-state index contributed by atoms with van der Waals surface area (Å²) in [5, 5.41) is 31.1. The van der Waals surface area contributed by atoms with Crippen LogP contribution in [0.25, 0.3) is 0 Å². The normalized spacial score (nSPS) is 11.8. The number of thiophene rings is 1. The molecule has 0 saturated heterocycles. The van der Waals surface area contributed by atoms with E-state index in [1.54, 1.807) is 0 Å². The van der Waals surface area contributed by atoms with Crippen molar-refractivity contribution in [1.29, 1.82) is 0 Å². The maximum absolute atomic E-state index is 11.6. The summed E-state index contributed by atoms with van der Waals surface area (Å²) >= 11 is 0.778. The van der Waals surface area contributed by atoms with Crippen LogP contribution in [0.1, 0.15) is 16.8 Å². The Morgan fingerprint density at radius 1 is 1.56 bits per heavy atom. The van der Waals surface area contributed by atoms with Crippen molar-refractivity contribution < 1.29 is 24.7 Å². The van der Waals surface area contributed by atoms with Gasteiger partial charge in [0.15, 0.2) is 0 Å². The first-order valence-corrected chi connectivity index (χ1v) is 5.71. The van der Waals surface area contributed by atoms with Crippen molar-refractivity contribution in [2.75, 3.05) is 6.61 Å². The largest absolute Gasteiger partial charge is 0.480 e. The van der Waals surface area contributed by atoms with E-state index in [-0.39, 0.29) is 23.6 Å². The van der Waals surface area contributed by atoms with E-state index in [1.807, 2.05) is 0 Å². The molecule has 1 aromatic rings. The third-order valence-corrected chi connectivity index (χ3v) is 2.93. The molecular formula is C9H10N2O6S. The lowest BCUT2D eigenvalue weighted by atomic mass is 10.2. The molecule has 1 amide bonds. The second-order valence-electron chi connectivity index (χ2n) is 3.31. The van der Waals surface area contributed by atoms with Gasteiger partial charge in [-0.25, -0.2) is 4.79 Å². The molecule has 0 aliphatic carbocycles. The van der Waals surface area contributed by atoms with Crippen molar-refractivity contribution in [3.63, 3.8) is 0 Å². The summed E-state index contributed by atoms with van der Waals surface area (Å²) in [5.41, 5.74) is 0.0240. The van der Waals surface area contributed by atoms with E-state index in [4.69, 9.17) is 10.2 Å². The fourth-order valence-electron chi connectivity index (χ4n) is 1.17. The lowest BCUT2D eigenvalue weighted by Gasteiger charge is -2.12. The Kier molecular flexibility index (Phi) is 4.75. The highest BCUT2D eigenvalue weighted by Gasteiger charge is 2.22. The number of nitrogens with one attached hydrogen (secondary N) is 1. The fourth-order valence-corrected chi connectivity index (χ4v) is 1.87. The molecule has 1 heterocycles. The first kappa shape index (κ1) is 14.1. The first-order chi connectivity index (χ1) is 8.45. The second kappa shape index (κ2) is 6.07. The highest BCUT2D eigenvalue weighted by molar-refractivity contribution is 7.13. The number of carbonyl (C=O) groups excluding carboxylic acids is 1. The lowest BCUT2D eigenvalue weighted by molar-refractivity contribution is -0.380. The molecule has 0 spiro atoms. The topological polar surface area (TPSA) is 130 Å². The Hall–Kier alpha value is -2.00. The Balaban J connectivity index is 2.74. The van der Waals surface area contributed by atoms with Crippen LogP contribution in [-0.2, 0) is 4.79 Å². The minimum absolute atomic E-state index is 0.0240. The third kappa shape index (κ3) is 3.50. The average molecular weight is 274 g/mol. The summed E-state index contributed by atoms with van der Waals surface area (Å²) in [4.78, 5) is 32.1. The molecule has 0 saturated carbocycles. The van der Waals surface area contributed by atoms with Crippen LogP contribution in [-0.4, -0.2) is 39.7 Å². The van der Waals surface area contributed by atoms with E-state index in [2.05, 4.69) is 5.32 Å². The predicted molar refractivity (Wildman–Crippen MR) is 61.6 cm³/mol. The number of nitro groups is 1. The Morgan fingerprint density at radius 3 is 2.67 bits per heavy atom. The zero-order valence-corrected chi connectivity index (χ0v) is 9.85. The van der Waals surface area contributed by atoms with Gasteiger partial charge in [-0.1, -0.05) is 11.3 Å². The smallest absolute Gasteiger partial charge is 0.326 e. The van der Waals surface area contributed by atoms with E-state index in [1.165, 1.54) is 5.38 Å². The number of hydrogen-bond acceptors (Lipinski definition) is 6. The third-order valence-electron chi connectivity index (χ3n) is 2.05. The Bertz CT molecular complexity index is 471. The number of carboxylic acid groups (broad SMARTS) is 1. The summed E-state index contributed by atoms with van der Waals surface area (Å²) in [6, 6.07) is -0.154. The summed E-state index contributed by atoms with van der Waals surface area (Å²) in [6.07, 6.45) is -0.132. The van der Waals surface area contributed by atoms with Crippen LogP contribution in [0.2, 0.25) is 0 Å². The lowest BCUT2D eigenvalue weighted by Crippen LogP contribution is -2.41. The number of carboxylic acids is 1. The first-order valence-electron chi connectivity index (χ1n) is 4.83. The standard InChI is InChI=1S/C9H10N2O6S/c12-2-1-6(9(14)15)10-8(13)5-3-7(11(16)17)18-4-5/h3-4,6,12H,1-2H2,(H,10,13)(H,14,15)/t6-/m1/s1. The van der Waals surface area contributed by atoms with Crippen molar-refractivity contribution in [3.8, 4) is 0 Å². The van der Waals surface area contributed by atoms with E-state index in [0.717, 1.165) is 17.4 Å². The molecule has 9 heteroatoms. The van der Waals surface area contributed by atoms with E-state index in [0.29, 0.717) is 0 Å². The van der Waals surface area contributed by atoms with Crippen molar-refractivity contribution in [3.05, 3.63) is 27.1 Å². The minimum Gasteiger partial charge on any atom is -0.480 e. The van der Waals surface area contributed by atoms with Crippen molar-refractivity contribution in [2.45, 2.75) is 12.5 Å². The Morgan fingerprint density at radius 2 is 2.22 bits per heavy atom. The monoisotopic (exact) mass is 274 g/mol. The predicted octanol–water partition coefficient (Wildman–Crippen LogP) is 0.222. The van der Waals surface area contributed by atoms with Gasteiger partial charge < -0.3 is 15.5 Å². The molecule has 1 rings (SSSR count). The van der Waals surface area contributed by atoms with Crippen LogP contribution in [0.15, 0.2) is 11.4 Å². The highest BCUT2D eigenvalue weighted by atomic mass is 32.1. The van der Waals surface area contributed by atoms with E-state index < -0.39 is 22.8 Å². The van der Waals surface area contributed by atoms with Gasteiger partial charge in [0.1, 0.15) is 6.04 Å². The number of rotatable bonds is 6. The maximum atomic E-state index is 11.6. The maximum Gasteiger partial charge on any atom is 0.326 e. The minimum atomic E-state index is -1.28. The molecule has 0 fully saturated rings. The van der Waals surface area contributed by atoms with Crippen LogP contribution >= 0.6 is 11.3 Å². The summed E-state index contributed by atoms with van der Waals surface area (Å²) in [6.45, 7) is -0.388. The summed E-state index contributed by atoms with van der Waals surface area (Å²) in [7, 11) is 0. The van der Waals surface area contributed by atoms with Crippen molar-refractivity contribution in [2.24, 2.45) is 0 Å². The average Bonchev–Trinajstić information content (AvgIpc) is 2.77. The molecule has 0 aliphatic rings. The molecule has 0 unspecified atom stereocenters. The van der Waals surface area contributed by atoms with Gasteiger partial charge in [0.2, 0.25) is 0 Å². The molecule has 1 atom stereocenters. The van der Waals surface area contributed by atoms with E-state index >= 15 is 0 Å². The number of amides is 1. The molecule has 1 aromatic heterocycles. The van der Waals surface area contributed by atoms with Gasteiger partial charge in [-0.15, -0.1) is 0 Å². The molecule has 18 heavy (non-hydrogen) atoms. The van der Waals surface area contributed by atoms with E-state index in [9.17, 15) is 19.7 Å². The summed E-state index contributed by atoms with van der Waals surface area (Å²) in [5.74, 6) is -2.00. The van der Waals surface area contributed by atoms with Gasteiger partial charge in [0.25, 0.3) is 5.91 Å². The van der Waals surface area contributed by atoms with Crippen LogP contribution < -0.4 is 5.32 Å². The zero-order chi connectivity index (χ0) is 13.7. The number of aliphatic hydroxyl groups is 1. The highest BCUT2D eigenvalue weighted by Crippen LogP contribution is 2.22. The van der Waals surface area contributed by atoms with Crippen LogP contribution in [0.3, 0.4) is 0 Å². The van der Waals surface area contributed by atoms with Gasteiger partial charge in [-0.3, -0.25) is 14.9 Å². The number of aliphatic hydroxyl groups excluding tert-OH is 1. The van der Waals surface area contributed by atoms with Gasteiger partial charge in [0.05, 0.1) is 10.5 Å². The molecule has 0 bridgehead atoms. The number of nitrogens with zero attached hydrogens (tertiary/aromatic N) is 1. The van der Waals surface area contributed by atoms with Crippen LogP contribution in [0.5, 0.6) is 0 Å². The molecular weight excluding hydrogens is 264 g/mol. The SMILES string of the molecule is O=C(N[C@H](CCO)C(=O)O)c1csc([N+](=O)[O-])c1. The van der Waals surface area contributed by atoms with Gasteiger partial charge in [0, 0.05) is 24.5 Å². The molecule has 0 aromatic carbocycles. The molecule has 3 N–H and O–H groups in total. The van der Waals surface area contributed by atoms with Gasteiger partial charge in [-0.2, -0.15) is 0 Å². The molecule has 8 nitrogen and oxygen atoms in total. The van der Waals surface area contributed by atoms with Gasteiger partial charge >= 0.3 is 11.0 Å². The number of carbonyl (C=O) groups is 2. The quantitative estimate of drug-likeness (QED) is 0.502. The second-order valence-corrected chi connectivity index (χ2v) is 4.20. The zero-order valence-electron chi connectivity index (χ0n) is 9.03. The van der Waals surface area contributed by atoms with Crippen molar-refractivity contribution >= 4 is 28.2 Å². The molecule has 98 valence electrons. The molecule has 0 radical (unpaired) electrons. The number of aliphatic carboxylic acids is 1. The van der Waals surface area contributed by atoms with Crippen molar-refractivity contribution in [1.82, 2.24) is 5.32 Å². The van der Waals surface area contributed by atoms with Crippen LogP contribution in [0, 0.1) is 10.1 Å². The summed E-state index contributed by atoms with van der Waals surface area (Å²) < 4.78 is 0.